The topological polar surface area (TPSA) is 41.1 Å². The van der Waals surface area contributed by atoms with Crippen LogP contribution >= 0.6 is 0 Å². The van der Waals surface area contributed by atoms with Gasteiger partial charge in [0.15, 0.2) is 11.6 Å². The molecule has 2 N–H and O–H groups in total. The van der Waals surface area contributed by atoms with Crippen molar-refractivity contribution in [3.8, 4) is 0 Å². The fourth-order valence-electron chi connectivity index (χ4n) is 2.08. The third kappa shape index (κ3) is 4.55. The normalized spacial score (nSPS) is 11.8. The molecule has 116 valence electrons. The summed E-state index contributed by atoms with van der Waals surface area (Å²) < 4.78 is 26.0. The Morgan fingerprint density at radius 3 is 2.50 bits per heavy atom. The van der Waals surface area contributed by atoms with Crippen molar-refractivity contribution in [1.29, 1.82) is 0 Å². The minimum absolute atomic E-state index is 0.340. The summed E-state index contributed by atoms with van der Waals surface area (Å²) in [4.78, 5) is 11.8. The number of rotatable bonds is 5. The van der Waals surface area contributed by atoms with Crippen molar-refractivity contribution in [1.82, 2.24) is 10.6 Å². The van der Waals surface area contributed by atoms with Gasteiger partial charge in [0.05, 0.1) is 6.04 Å². The summed E-state index contributed by atoms with van der Waals surface area (Å²) in [6.07, 6.45) is 0.730. The number of halogens is 2. The van der Waals surface area contributed by atoms with Crippen LogP contribution in [-0.2, 0) is 6.42 Å². The monoisotopic (exact) mass is 304 g/mol. The summed E-state index contributed by atoms with van der Waals surface area (Å²) in [5, 5.41) is 5.43. The predicted octanol–water partition coefficient (Wildman–Crippen LogP) is 3.57. The number of hydrogen-bond donors (Lipinski definition) is 2. The van der Waals surface area contributed by atoms with Gasteiger partial charge in [-0.2, -0.15) is 0 Å². The fraction of sp³-hybridized carbons (Fsp3) is 0.235. The van der Waals surface area contributed by atoms with E-state index >= 15 is 0 Å². The van der Waals surface area contributed by atoms with E-state index in [9.17, 15) is 13.6 Å². The second-order valence-corrected chi connectivity index (χ2v) is 5.03. The average molecular weight is 304 g/mol. The van der Waals surface area contributed by atoms with Crippen LogP contribution in [0, 0.1) is 11.6 Å². The van der Waals surface area contributed by atoms with Crippen molar-refractivity contribution in [2.45, 2.75) is 19.4 Å². The van der Waals surface area contributed by atoms with Gasteiger partial charge in [0.2, 0.25) is 0 Å². The SMILES string of the molecule is CC(NC(=O)NCCc1ccccc1)c1ccc(F)c(F)c1. The van der Waals surface area contributed by atoms with Crippen molar-refractivity contribution in [2.75, 3.05) is 6.54 Å². The van der Waals surface area contributed by atoms with Gasteiger partial charge in [-0.1, -0.05) is 36.4 Å². The maximum absolute atomic E-state index is 13.2. The summed E-state index contributed by atoms with van der Waals surface area (Å²) >= 11 is 0. The average Bonchev–Trinajstić information content (AvgIpc) is 2.51. The second kappa shape index (κ2) is 7.54. The quantitative estimate of drug-likeness (QED) is 0.871. The lowest BCUT2D eigenvalue weighted by molar-refractivity contribution is 0.238. The van der Waals surface area contributed by atoms with Crippen molar-refractivity contribution in [2.24, 2.45) is 0 Å². The van der Waals surface area contributed by atoms with Crippen LogP contribution in [0.25, 0.3) is 0 Å². The van der Waals surface area contributed by atoms with Crippen LogP contribution in [0.2, 0.25) is 0 Å². The molecule has 0 aliphatic rings. The highest BCUT2D eigenvalue weighted by molar-refractivity contribution is 5.74. The molecule has 0 spiro atoms. The Kier molecular flexibility index (Phi) is 5.47. The van der Waals surface area contributed by atoms with E-state index in [4.69, 9.17) is 0 Å². The van der Waals surface area contributed by atoms with Crippen LogP contribution in [0.1, 0.15) is 24.1 Å². The molecule has 1 atom stereocenters. The molecular formula is C17H18F2N2O. The third-order valence-corrected chi connectivity index (χ3v) is 3.33. The molecule has 22 heavy (non-hydrogen) atoms. The van der Waals surface area contributed by atoms with Gasteiger partial charge in [0, 0.05) is 6.54 Å². The van der Waals surface area contributed by atoms with Crippen molar-refractivity contribution >= 4 is 6.03 Å². The number of nitrogens with one attached hydrogen (secondary N) is 2. The second-order valence-electron chi connectivity index (χ2n) is 5.03. The molecule has 2 rings (SSSR count). The van der Waals surface area contributed by atoms with Crippen LogP contribution in [-0.4, -0.2) is 12.6 Å². The molecule has 3 nitrogen and oxygen atoms in total. The molecule has 2 aromatic rings. The number of carbonyl (C=O) groups excluding carboxylic acids is 1. The van der Waals surface area contributed by atoms with E-state index in [-0.39, 0.29) is 6.03 Å². The Hall–Kier alpha value is -2.43. The predicted molar refractivity (Wildman–Crippen MR) is 81.5 cm³/mol. The number of urea groups is 1. The van der Waals surface area contributed by atoms with Gasteiger partial charge in [-0.25, -0.2) is 13.6 Å². The molecule has 0 aliphatic carbocycles. The summed E-state index contributed by atoms with van der Waals surface area (Å²) in [5.41, 5.74) is 1.65. The Balaban J connectivity index is 1.80. The van der Waals surface area contributed by atoms with Crippen molar-refractivity contribution in [3.63, 3.8) is 0 Å². The lowest BCUT2D eigenvalue weighted by Gasteiger charge is -2.15. The van der Waals surface area contributed by atoms with E-state index < -0.39 is 17.7 Å². The molecule has 0 saturated carbocycles. The Morgan fingerprint density at radius 1 is 1.09 bits per heavy atom. The van der Waals surface area contributed by atoms with E-state index in [1.807, 2.05) is 30.3 Å². The van der Waals surface area contributed by atoms with Crippen LogP contribution in [0.5, 0.6) is 0 Å². The molecule has 0 heterocycles. The van der Waals surface area contributed by atoms with Crippen LogP contribution in [0.4, 0.5) is 13.6 Å². The van der Waals surface area contributed by atoms with E-state index in [0.29, 0.717) is 12.1 Å². The summed E-state index contributed by atoms with van der Waals surface area (Å²) in [6, 6.07) is 12.6. The van der Waals surface area contributed by atoms with Gasteiger partial charge >= 0.3 is 6.03 Å². The van der Waals surface area contributed by atoms with Gasteiger partial charge in [-0.15, -0.1) is 0 Å². The summed E-state index contributed by atoms with van der Waals surface area (Å²) in [7, 11) is 0. The van der Waals surface area contributed by atoms with Gasteiger partial charge in [-0.05, 0) is 36.6 Å². The van der Waals surface area contributed by atoms with Gasteiger partial charge in [0.25, 0.3) is 0 Å². The lowest BCUT2D eigenvalue weighted by Crippen LogP contribution is -2.38. The zero-order chi connectivity index (χ0) is 15.9. The van der Waals surface area contributed by atoms with Gasteiger partial charge < -0.3 is 10.6 Å². The number of carbonyl (C=O) groups is 1. The molecule has 0 fully saturated rings. The Bertz CT molecular complexity index is 632. The molecule has 0 saturated heterocycles. The molecule has 0 aliphatic heterocycles. The minimum Gasteiger partial charge on any atom is -0.338 e. The maximum Gasteiger partial charge on any atom is 0.315 e. The van der Waals surface area contributed by atoms with Crippen LogP contribution in [0.3, 0.4) is 0 Å². The minimum atomic E-state index is -0.921. The first-order valence-electron chi connectivity index (χ1n) is 7.09. The number of hydrogen-bond acceptors (Lipinski definition) is 1. The van der Waals surface area contributed by atoms with E-state index in [2.05, 4.69) is 10.6 Å². The lowest BCUT2D eigenvalue weighted by atomic mass is 10.1. The highest BCUT2D eigenvalue weighted by Crippen LogP contribution is 2.15. The molecule has 0 radical (unpaired) electrons. The number of benzene rings is 2. The first-order valence-corrected chi connectivity index (χ1v) is 7.09. The smallest absolute Gasteiger partial charge is 0.315 e. The summed E-state index contributed by atoms with van der Waals surface area (Å²) in [5.74, 6) is -1.82. The van der Waals surface area contributed by atoms with Crippen LogP contribution in [0.15, 0.2) is 48.5 Å². The molecule has 0 bridgehead atoms. The highest BCUT2D eigenvalue weighted by atomic mass is 19.2. The number of amides is 2. The van der Waals surface area contributed by atoms with Gasteiger partial charge in [0.1, 0.15) is 0 Å². The maximum atomic E-state index is 13.2. The largest absolute Gasteiger partial charge is 0.338 e. The van der Waals surface area contributed by atoms with Crippen molar-refractivity contribution < 1.29 is 13.6 Å². The first kappa shape index (κ1) is 15.9. The molecule has 1 unspecified atom stereocenters. The molecule has 5 heteroatoms. The zero-order valence-corrected chi connectivity index (χ0v) is 12.3. The van der Waals surface area contributed by atoms with E-state index in [0.717, 1.165) is 24.1 Å². The van der Waals surface area contributed by atoms with E-state index in [1.54, 1.807) is 6.92 Å². The van der Waals surface area contributed by atoms with Gasteiger partial charge in [-0.3, -0.25) is 0 Å². The fourth-order valence-corrected chi connectivity index (χ4v) is 2.08. The van der Waals surface area contributed by atoms with Crippen LogP contribution < -0.4 is 10.6 Å². The molecule has 0 aromatic heterocycles. The standard InChI is InChI=1S/C17H18F2N2O/c1-12(14-7-8-15(18)16(19)11-14)21-17(22)20-10-9-13-5-3-2-4-6-13/h2-8,11-12H,9-10H2,1H3,(H2,20,21,22). The highest BCUT2D eigenvalue weighted by Gasteiger charge is 2.11. The third-order valence-electron chi connectivity index (χ3n) is 3.33. The zero-order valence-electron chi connectivity index (χ0n) is 12.3. The van der Waals surface area contributed by atoms with E-state index in [1.165, 1.54) is 6.07 Å². The Labute approximate surface area is 128 Å². The summed E-state index contributed by atoms with van der Waals surface area (Å²) in [6.45, 7) is 2.21. The van der Waals surface area contributed by atoms with Crippen molar-refractivity contribution in [3.05, 3.63) is 71.3 Å². The molecular weight excluding hydrogens is 286 g/mol. The molecule has 2 amide bonds. The molecule has 2 aromatic carbocycles. The Morgan fingerprint density at radius 2 is 1.82 bits per heavy atom. The first-order chi connectivity index (χ1) is 10.6.